The molecule has 1 aromatic carbocycles. The average molecular weight is 374 g/mol. The highest BCUT2D eigenvalue weighted by atomic mass is 16.5. The van der Waals surface area contributed by atoms with Crippen LogP contribution in [0.15, 0.2) is 36.4 Å². The lowest BCUT2D eigenvalue weighted by Gasteiger charge is -2.29. The predicted molar refractivity (Wildman–Crippen MR) is 102 cm³/mol. The van der Waals surface area contributed by atoms with Crippen LogP contribution < -0.4 is 15.8 Å². The van der Waals surface area contributed by atoms with Crippen LogP contribution in [0.3, 0.4) is 0 Å². The topological polar surface area (TPSA) is 122 Å². The number of aliphatic hydroxyl groups is 2. The molecule has 0 fully saturated rings. The first-order chi connectivity index (χ1) is 12.8. The molecule has 146 valence electrons. The molecule has 0 radical (unpaired) electrons. The molecule has 0 heterocycles. The van der Waals surface area contributed by atoms with Gasteiger partial charge in [-0.2, -0.15) is 0 Å². The number of carbonyl (C=O) groups is 2. The molecule has 0 spiro atoms. The van der Waals surface area contributed by atoms with Crippen LogP contribution in [0, 0.1) is 11.8 Å². The summed E-state index contributed by atoms with van der Waals surface area (Å²) >= 11 is 0. The van der Waals surface area contributed by atoms with Gasteiger partial charge in [-0.05, 0) is 50.3 Å². The largest absolute Gasteiger partial charge is 0.490 e. The van der Waals surface area contributed by atoms with E-state index in [1.54, 1.807) is 50.3 Å². The van der Waals surface area contributed by atoms with Crippen LogP contribution in [0.4, 0.5) is 0 Å². The number of nitrogens with one attached hydrogen (secondary N) is 1. The molecule has 1 amide bonds. The molecule has 0 bridgehead atoms. The second kappa shape index (κ2) is 11.1. The van der Waals surface area contributed by atoms with Crippen molar-refractivity contribution < 1.29 is 24.5 Å². The molecule has 1 rings (SSSR count). The summed E-state index contributed by atoms with van der Waals surface area (Å²) in [6.07, 6.45) is 3.81. The van der Waals surface area contributed by atoms with Crippen LogP contribution in [0.25, 0.3) is 0 Å². The lowest BCUT2D eigenvalue weighted by atomic mass is 9.92. The van der Waals surface area contributed by atoms with Crippen LogP contribution in [-0.2, 0) is 4.79 Å². The summed E-state index contributed by atoms with van der Waals surface area (Å²) in [5.74, 6) is 5.07. The summed E-state index contributed by atoms with van der Waals surface area (Å²) < 4.78 is 5.50. The van der Waals surface area contributed by atoms with Crippen LogP contribution in [0.1, 0.15) is 30.6 Å². The molecule has 1 aromatic rings. The van der Waals surface area contributed by atoms with E-state index < -0.39 is 29.9 Å². The summed E-state index contributed by atoms with van der Waals surface area (Å²) in [5.41, 5.74) is 5.25. The number of ketones is 1. The van der Waals surface area contributed by atoms with Crippen molar-refractivity contribution in [2.45, 2.75) is 31.8 Å². The van der Waals surface area contributed by atoms with Crippen LogP contribution in [0.2, 0.25) is 0 Å². The van der Waals surface area contributed by atoms with Crippen molar-refractivity contribution in [2.75, 3.05) is 19.8 Å². The third-order valence-corrected chi connectivity index (χ3v) is 3.50. The Labute approximate surface area is 159 Å². The normalized spacial score (nSPS) is 12.2. The fourth-order valence-corrected chi connectivity index (χ4v) is 2.13. The molecule has 0 aliphatic heterocycles. The SMILES string of the molecule is CC(C)(N)[C@H](NC(=O)c1ccc(OC/C=C/C#CCCO)cc1)C(=O)CO. The van der Waals surface area contributed by atoms with Gasteiger partial charge in [-0.1, -0.05) is 11.8 Å². The molecule has 0 saturated carbocycles. The van der Waals surface area contributed by atoms with Crippen molar-refractivity contribution in [3.8, 4) is 17.6 Å². The van der Waals surface area contributed by atoms with E-state index in [0.717, 1.165) is 0 Å². The quantitative estimate of drug-likeness (QED) is 0.464. The smallest absolute Gasteiger partial charge is 0.251 e. The highest BCUT2D eigenvalue weighted by Crippen LogP contribution is 2.13. The zero-order valence-electron chi connectivity index (χ0n) is 15.6. The van der Waals surface area contributed by atoms with Crippen molar-refractivity contribution in [1.82, 2.24) is 5.32 Å². The Bertz CT molecular complexity index is 709. The minimum absolute atomic E-state index is 0.0367. The molecule has 0 aromatic heterocycles. The number of carbonyl (C=O) groups excluding carboxylic acids is 2. The van der Waals surface area contributed by atoms with Gasteiger partial charge in [-0.3, -0.25) is 9.59 Å². The van der Waals surface area contributed by atoms with Gasteiger partial charge in [0.25, 0.3) is 5.91 Å². The van der Waals surface area contributed by atoms with Crippen molar-refractivity contribution in [3.05, 3.63) is 42.0 Å². The number of hydrogen-bond acceptors (Lipinski definition) is 6. The first-order valence-corrected chi connectivity index (χ1v) is 8.50. The minimum Gasteiger partial charge on any atom is -0.490 e. The third kappa shape index (κ3) is 8.05. The van der Waals surface area contributed by atoms with E-state index in [4.69, 9.17) is 20.7 Å². The van der Waals surface area contributed by atoms with Crippen LogP contribution in [0.5, 0.6) is 5.75 Å². The number of ether oxygens (including phenoxy) is 1. The Morgan fingerprint density at radius 2 is 1.96 bits per heavy atom. The van der Waals surface area contributed by atoms with Gasteiger partial charge in [0.15, 0.2) is 5.78 Å². The Morgan fingerprint density at radius 1 is 1.30 bits per heavy atom. The zero-order valence-corrected chi connectivity index (χ0v) is 15.6. The fourth-order valence-electron chi connectivity index (χ4n) is 2.13. The molecule has 27 heavy (non-hydrogen) atoms. The Balaban J connectivity index is 2.63. The predicted octanol–water partition coefficient (Wildman–Crippen LogP) is 0.404. The molecule has 5 N–H and O–H groups in total. The molecule has 0 unspecified atom stereocenters. The number of benzene rings is 1. The maximum Gasteiger partial charge on any atom is 0.251 e. The van der Waals surface area contributed by atoms with Crippen molar-refractivity contribution in [1.29, 1.82) is 0 Å². The Hall–Kier alpha value is -2.66. The second-order valence-corrected chi connectivity index (χ2v) is 6.38. The lowest BCUT2D eigenvalue weighted by Crippen LogP contribution is -2.59. The lowest BCUT2D eigenvalue weighted by molar-refractivity contribution is -0.124. The van der Waals surface area contributed by atoms with Crippen LogP contribution >= 0.6 is 0 Å². The van der Waals surface area contributed by atoms with Gasteiger partial charge in [-0.15, -0.1) is 0 Å². The van der Waals surface area contributed by atoms with Gasteiger partial charge in [0.05, 0.1) is 6.61 Å². The number of Topliss-reactive ketones (excluding diaryl/α,β-unsaturated/α-hetero) is 1. The summed E-state index contributed by atoms with van der Waals surface area (Å²) in [6, 6.07) is 5.41. The molecule has 0 aliphatic carbocycles. The first-order valence-electron chi connectivity index (χ1n) is 8.50. The number of hydrogen-bond donors (Lipinski definition) is 4. The average Bonchev–Trinajstić information content (AvgIpc) is 2.64. The Kier molecular flexibility index (Phi) is 9.23. The van der Waals surface area contributed by atoms with E-state index in [1.165, 1.54) is 0 Å². The molecule has 1 atom stereocenters. The van der Waals surface area contributed by atoms with Gasteiger partial charge < -0.3 is 26.0 Å². The Morgan fingerprint density at radius 3 is 2.52 bits per heavy atom. The van der Waals surface area contributed by atoms with Gasteiger partial charge in [-0.25, -0.2) is 0 Å². The molecule has 7 heteroatoms. The van der Waals surface area contributed by atoms with E-state index in [9.17, 15) is 9.59 Å². The minimum atomic E-state index is -1.01. The third-order valence-electron chi connectivity index (χ3n) is 3.50. The highest BCUT2D eigenvalue weighted by molar-refractivity contribution is 5.98. The molecular formula is C20H26N2O5. The molecular weight excluding hydrogens is 348 g/mol. The first kappa shape index (κ1) is 22.4. The maximum absolute atomic E-state index is 12.3. The van der Waals surface area contributed by atoms with Gasteiger partial charge in [0.2, 0.25) is 0 Å². The molecule has 0 saturated heterocycles. The van der Waals surface area contributed by atoms with E-state index in [1.807, 2.05) is 0 Å². The van der Waals surface area contributed by atoms with Gasteiger partial charge >= 0.3 is 0 Å². The van der Waals surface area contributed by atoms with E-state index >= 15 is 0 Å². The monoisotopic (exact) mass is 374 g/mol. The fraction of sp³-hybridized carbons (Fsp3) is 0.400. The summed E-state index contributed by atoms with van der Waals surface area (Å²) in [5, 5.41) is 20.2. The summed E-state index contributed by atoms with van der Waals surface area (Å²) in [6.45, 7) is 2.85. The maximum atomic E-state index is 12.3. The van der Waals surface area contributed by atoms with E-state index in [0.29, 0.717) is 24.3 Å². The van der Waals surface area contributed by atoms with Gasteiger partial charge in [0.1, 0.15) is 25.0 Å². The molecule has 0 aliphatic rings. The second-order valence-electron chi connectivity index (χ2n) is 6.38. The highest BCUT2D eigenvalue weighted by Gasteiger charge is 2.32. The van der Waals surface area contributed by atoms with Crippen LogP contribution in [-0.4, -0.2) is 53.3 Å². The van der Waals surface area contributed by atoms with Crippen molar-refractivity contribution in [3.63, 3.8) is 0 Å². The zero-order chi connectivity index (χ0) is 20.3. The summed E-state index contributed by atoms with van der Waals surface area (Å²) in [4.78, 5) is 24.1. The number of allylic oxidation sites excluding steroid dienone is 1. The number of amides is 1. The van der Waals surface area contributed by atoms with Crippen molar-refractivity contribution >= 4 is 11.7 Å². The number of nitrogens with two attached hydrogens (primary N) is 1. The van der Waals surface area contributed by atoms with Gasteiger partial charge in [0, 0.05) is 17.5 Å². The molecule has 7 nitrogen and oxygen atoms in total. The standard InChI is InChI=1S/C20H26N2O5/c1-20(2,21)18(17(25)14-24)22-19(26)15-8-10-16(11-9-15)27-13-7-5-3-4-6-12-23/h5,7-11,18,23-24H,6,12-14,21H2,1-2H3,(H,22,26)/b7-5+/t18-/m1/s1. The number of aliphatic hydroxyl groups excluding tert-OH is 2. The summed E-state index contributed by atoms with van der Waals surface area (Å²) in [7, 11) is 0. The number of rotatable bonds is 9. The van der Waals surface area contributed by atoms with E-state index in [-0.39, 0.29) is 6.61 Å². The van der Waals surface area contributed by atoms with Crippen molar-refractivity contribution in [2.24, 2.45) is 5.73 Å². The van der Waals surface area contributed by atoms with E-state index in [2.05, 4.69) is 17.2 Å².